The number of nitrogens with zero attached hydrogens (tertiary/aromatic N) is 3. The van der Waals surface area contributed by atoms with Gasteiger partial charge in [-0.05, 0) is 55.0 Å². The second kappa shape index (κ2) is 8.94. The van der Waals surface area contributed by atoms with Crippen LogP contribution < -0.4 is 10.1 Å². The number of thioether (sulfide) groups is 1. The van der Waals surface area contributed by atoms with Crippen LogP contribution in [0.25, 0.3) is 5.69 Å². The fourth-order valence-corrected chi connectivity index (χ4v) is 5.74. The fraction of sp³-hybridized carbons (Fsp3) is 0.318. The molecule has 154 valence electrons. The summed E-state index contributed by atoms with van der Waals surface area (Å²) >= 11 is 2.91. The van der Waals surface area contributed by atoms with Gasteiger partial charge in [-0.1, -0.05) is 18.7 Å². The van der Waals surface area contributed by atoms with Crippen LogP contribution in [0.1, 0.15) is 29.3 Å². The van der Waals surface area contributed by atoms with E-state index >= 15 is 0 Å². The summed E-state index contributed by atoms with van der Waals surface area (Å²) in [5.41, 5.74) is 2.71. The summed E-state index contributed by atoms with van der Waals surface area (Å²) in [6.07, 6.45) is 6.57. The maximum atomic E-state index is 12.6. The molecular weight excluding hydrogens is 416 g/mol. The number of ether oxygens (including phenoxy) is 1. The number of aromatic nitrogens is 2. The minimum Gasteiger partial charge on any atom is -0.497 e. The van der Waals surface area contributed by atoms with E-state index in [0.717, 1.165) is 41.4 Å². The number of carbonyl (C=O) groups is 1. The lowest BCUT2D eigenvalue weighted by Gasteiger charge is -2.17. The third-order valence-electron chi connectivity index (χ3n) is 5.17. The Morgan fingerprint density at radius 1 is 1.43 bits per heavy atom. The monoisotopic (exact) mass is 438 g/mol. The van der Waals surface area contributed by atoms with Crippen LogP contribution in [0, 0.1) is 17.2 Å². The second-order valence-corrected chi connectivity index (χ2v) is 9.33. The molecule has 0 radical (unpaired) electrons. The van der Waals surface area contributed by atoms with Gasteiger partial charge in [0.05, 0.1) is 18.4 Å². The van der Waals surface area contributed by atoms with E-state index in [9.17, 15) is 10.1 Å². The summed E-state index contributed by atoms with van der Waals surface area (Å²) in [5, 5.41) is 14.0. The van der Waals surface area contributed by atoms with E-state index in [-0.39, 0.29) is 11.7 Å². The van der Waals surface area contributed by atoms with Crippen molar-refractivity contribution in [1.82, 2.24) is 9.55 Å². The van der Waals surface area contributed by atoms with Gasteiger partial charge < -0.3 is 10.1 Å². The Hall–Kier alpha value is -2.76. The molecule has 1 atom stereocenters. The zero-order chi connectivity index (χ0) is 21.1. The Morgan fingerprint density at radius 2 is 2.23 bits per heavy atom. The lowest BCUT2D eigenvalue weighted by molar-refractivity contribution is -0.113. The predicted molar refractivity (Wildman–Crippen MR) is 120 cm³/mol. The molecule has 1 aliphatic rings. The number of nitrogens with one attached hydrogen (secondary N) is 1. The number of amides is 1. The Kier molecular flexibility index (Phi) is 6.11. The SMILES string of the molecule is COc1ccc(-n2ccnc2SCC(=O)Nc2sc3c(c2C#N)CCC(C)C3)cc1. The number of thiophene rings is 1. The van der Waals surface area contributed by atoms with Gasteiger partial charge in [0, 0.05) is 23.0 Å². The molecule has 1 amide bonds. The lowest BCUT2D eigenvalue weighted by Crippen LogP contribution is -2.14. The third-order valence-corrected chi connectivity index (χ3v) is 7.30. The molecule has 0 spiro atoms. The van der Waals surface area contributed by atoms with Crippen LogP contribution in [0.4, 0.5) is 5.00 Å². The first-order valence-electron chi connectivity index (χ1n) is 9.74. The average Bonchev–Trinajstić information content (AvgIpc) is 3.35. The van der Waals surface area contributed by atoms with Crippen molar-refractivity contribution in [3.8, 4) is 17.5 Å². The maximum Gasteiger partial charge on any atom is 0.235 e. The molecule has 2 aromatic heterocycles. The summed E-state index contributed by atoms with van der Waals surface area (Å²) in [4.78, 5) is 18.2. The minimum absolute atomic E-state index is 0.132. The van der Waals surface area contributed by atoms with E-state index in [2.05, 4.69) is 23.3 Å². The smallest absolute Gasteiger partial charge is 0.235 e. The highest BCUT2D eigenvalue weighted by molar-refractivity contribution is 7.99. The van der Waals surface area contributed by atoms with E-state index in [1.54, 1.807) is 24.6 Å². The van der Waals surface area contributed by atoms with Crippen molar-refractivity contribution in [2.75, 3.05) is 18.2 Å². The van der Waals surface area contributed by atoms with Crippen LogP contribution in [0.5, 0.6) is 5.75 Å². The standard InChI is InChI=1S/C22H22N4O2S2/c1-14-3-8-17-18(12-23)21(30-19(17)11-14)25-20(27)13-29-22-24-9-10-26(22)15-4-6-16(28-2)7-5-15/h4-7,9-10,14H,3,8,11,13H2,1-2H3,(H,25,27). The quantitative estimate of drug-likeness (QED) is 0.566. The van der Waals surface area contributed by atoms with Gasteiger partial charge >= 0.3 is 0 Å². The van der Waals surface area contributed by atoms with Crippen molar-refractivity contribution < 1.29 is 9.53 Å². The Bertz CT molecular complexity index is 1100. The molecule has 1 aliphatic carbocycles. The van der Waals surface area contributed by atoms with Gasteiger partial charge in [-0.25, -0.2) is 4.98 Å². The number of rotatable bonds is 6. The summed E-state index contributed by atoms with van der Waals surface area (Å²) < 4.78 is 7.14. The fourth-order valence-electron chi connectivity index (χ4n) is 3.59. The minimum atomic E-state index is -0.132. The lowest BCUT2D eigenvalue weighted by atomic mass is 9.89. The van der Waals surface area contributed by atoms with Crippen LogP contribution in [0.15, 0.2) is 41.8 Å². The third kappa shape index (κ3) is 4.23. The molecule has 1 unspecified atom stereocenters. The number of fused-ring (bicyclic) bond motifs is 1. The van der Waals surface area contributed by atoms with Gasteiger partial charge in [0.25, 0.3) is 0 Å². The van der Waals surface area contributed by atoms with Crippen molar-refractivity contribution >= 4 is 34.0 Å². The number of hydrogen-bond acceptors (Lipinski definition) is 6. The van der Waals surface area contributed by atoms with Gasteiger partial charge in [-0.3, -0.25) is 9.36 Å². The van der Waals surface area contributed by atoms with E-state index in [1.807, 2.05) is 35.0 Å². The molecule has 0 saturated heterocycles. The summed E-state index contributed by atoms with van der Waals surface area (Å²) in [5.74, 6) is 1.50. The number of anilines is 1. The number of imidazole rings is 1. The first kappa shape index (κ1) is 20.5. The van der Waals surface area contributed by atoms with E-state index < -0.39 is 0 Å². The molecule has 4 rings (SSSR count). The molecule has 6 nitrogen and oxygen atoms in total. The van der Waals surface area contributed by atoms with Gasteiger partial charge in [0.15, 0.2) is 5.16 Å². The zero-order valence-corrected chi connectivity index (χ0v) is 18.5. The average molecular weight is 439 g/mol. The number of hydrogen-bond donors (Lipinski definition) is 1. The van der Waals surface area contributed by atoms with E-state index in [0.29, 0.717) is 16.5 Å². The molecular formula is C22H22N4O2S2. The maximum absolute atomic E-state index is 12.6. The van der Waals surface area contributed by atoms with Crippen molar-refractivity contribution in [3.63, 3.8) is 0 Å². The Balaban J connectivity index is 1.43. The molecule has 0 fully saturated rings. The van der Waals surface area contributed by atoms with Crippen molar-refractivity contribution in [3.05, 3.63) is 52.7 Å². The highest BCUT2D eigenvalue weighted by atomic mass is 32.2. The highest BCUT2D eigenvalue weighted by Crippen LogP contribution is 2.39. The molecule has 2 heterocycles. The summed E-state index contributed by atoms with van der Waals surface area (Å²) in [6.45, 7) is 2.23. The highest BCUT2D eigenvalue weighted by Gasteiger charge is 2.24. The summed E-state index contributed by atoms with van der Waals surface area (Å²) in [7, 11) is 1.63. The van der Waals surface area contributed by atoms with Gasteiger partial charge in [0.2, 0.25) is 5.91 Å². The normalized spacial score (nSPS) is 15.3. The van der Waals surface area contributed by atoms with Gasteiger partial charge in [-0.2, -0.15) is 5.26 Å². The molecule has 1 aromatic carbocycles. The van der Waals surface area contributed by atoms with Crippen LogP contribution in [-0.4, -0.2) is 28.3 Å². The molecule has 0 aliphatic heterocycles. The van der Waals surface area contributed by atoms with Crippen LogP contribution in [0.2, 0.25) is 0 Å². The number of benzene rings is 1. The van der Waals surface area contributed by atoms with Gasteiger partial charge in [0.1, 0.15) is 16.8 Å². The predicted octanol–water partition coefficient (Wildman–Crippen LogP) is 4.67. The van der Waals surface area contributed by atoms with Crippen LogP contribution in [0.3, 0.4) is 0 Å². The zero-order valence-electron chi connectivity index (χ0n) is 16.8. The molecule has 1 N–H and O–H groups in total. The molecule has 3 aromatic rings. The topological polar surface area (TPSA) is 79.9 Å². The molecule has 0 saturated carbocycles. The van der Waals surface area contributed by atoms with Crippen molar-refractivity contribution in [2.24, 2.45) is 5.92 Å². The van der Waals surface area contributed by atoms with Crippen LogP contribution in [-0.2, 0) is 17.6 Å². The Morgan fingerprint density at radius 3 is 2.97 bits per heavy atom. The number of carbonyl (C=O) groups excluding carboxylic acids is 1. The molecule has 0 bridgehead atoms. The summed E-state index contributed by atoms with van der Waals surface area (Å²) in [6, 6.07) is 9.96. The van der Waals surface area contributed by atoms with Crippen molar-refractivity contribution in [1.29, 1.82) is 5.26 Å². The van der Waals surface area contributed by atoms with E-state index in [1.165, 1.54) is 16.6 Å². The molecule has 30 heavy (non-hydrogen) atoms. The van der Waals surface area contributed by atoms with E-state index in [4.69, 9.17) is 4.74 Å². The first-order valence-corrected chi connectivity index (χ1v) is 11.5. The largest absolute Gasteiger partial charge is 0.497 e. The second-order valence-electron chi connectivity index (χ2n) is 7.28. The number of nitriles is 1. The molecule has 8 heteroatoms. The first-order chi connectivity index (χ1) is 14.6. The Labute approximate surface area is 183 Å². The van der Waals surface area contributed by atoms with Crippen molar-refractivity contribution in [2.45, 2.75) is 31.3 Å². The van der Waals surface area contributed by atoms with Gasteiger partial charge in [-0.15, -0.1) is 11.3 Å². The van der Waals surface area contributed by atoms with Crippen LogP contribution >= 0.6 is 23.1 Å². The number of methoxy groups -OCH3 is 1.